The van der Waals surface area contributed by atoms with Crippen molar-refractivity contribution in [2.75, 3.05) is 19.7 Å². The van der Waals surface area contributed by atoms with Crippen molar-refractivity contribution in [3.63, 3.8) is 0 Å². The third-order valence-corrected chi connectivity index (χ3v) is 4.94. The number of amides is 1. The molecular weight excluding hydrogens is 402 g/mol. The fourth-order valence-electron chi connectivity index (χ4n) is 2.38. The van der Waals surface area contributed by atoms with Gasteiger partial charge in [-0.05, 0) is 17.7 Å². The monoisotopic (exact) mass is 417 g/mol. The van der Waals surface area contributed by atoms with Crippen LogP contribution in [0.1, 0.15) is 27.2 Å². The fraction of sp³-hybridized carbons (Fsp3) is 0.333. The summed E-state index contributed by atoms with van der Waals surface area (Å²) in [6, 6.07) is 7.98. The maximum absolute atomic E-state index is 12.5. The van der Waals surface area contributed by atoms with Gasteiger partial charge in [0.25, 0.3) is 5.91 Å². The molecule has 2 heterocycles. The highest BCUT2D eigenvalue weighted by Gasteiger charge is 2.27. The van der Waals surface area contributed by atoms with Crippen LogP contribution in [-0.2, 0) is 11.3 Å². The topological polar surface area (TPSA) is 68.5 Å². The van der Waals surface area contributed by atoms with E-state index in [0.717, 1.165) is 15.0 Å². The van der Waals surface area contributed by atoms with Gasteiger partial charge in [-0.2, -0.15) is 0 Å². The van der Waals surface area contributed by atoms with Crippen molar-refractivity contribution in [3.8, 4) is 0 Å². The van der Waals surface area contributed by atoms with E-state index in [1.807, 2.05) is 24.3 Å². The summed E-state index contributed by atoms with van der Waals surface area (Å²) in [5.41, 5.74) is 7.10. The van der Waals surface area contributed by atoms with Gasteiger partial charge in [-0.15, -0.1) is 23.7 Å². The van der Waals surface area contributed by atoms with Crippen LogP contribution in [0, 0.1) is 0 Å². The first-order valence-electron chi connectivity index (χ1n) is 6.98. The van der Waals surface area contributed by atoms with Crippen LogP contribution in [0.4, 0.5) is 0 Å². The van der Waals surface area contributed by atoms with E-state index in [4.69, 9.17) is 10.5 Å². The minimum Gasteiger partial charge on any atom is -0.370 e. The van der Waals surface area contributed by atoms with Crippen LogP contribution in [0.25, 0.3) is 0 Å². The van der Waals surface area contributed by atoms with Crippen molar-refractivity contribution in [2.24, 2.45) is 5.73 Å². The van der Waals surface area contributed by atoms with Gasteiger partial charge in [-0.3, -0.25) is 4.79 Å². The quantitative estimate of drug-likeness (QED) is 0.832. The molecule has 1 aromatic carbocycles. The van der Waals surface area contributed by atoms with Crippen molar-refractivity contribution >= 4 is 45.6 Å². The molecule has 1 aromatic heterocycles. The summed E-state index contributed by atoms with van der Waals surface area (Å²) in [6.45, 7) is 2.01. The molecule has 2 N–H and O–H groups in total. The summed E-state index contributed by atoms with van der Waals surface area (Å²) in [7, 11) is 0. The molecule has 0 spiro atoms. The van der Waals surface area contributed by atoms with Gasteiger partial charge in [0.1, 0.15) is 16.8 Å². The zero-order chi connectivity index (χ0) is 15.5. The van der Waals surface area contributed by atoms with Gasteiger partial charge in [0.15, 0.2) is 0 Å². The van der Waals surface area contributed by atoms with Gasteiger partial charge in [-0.1, -0.05) is 28.1 Å². The summed E-state index contributed by atoms with van der Waals surface area (Å²) >= 11 is 4.84. The lowest BCUT2D eigenvalue weighted by molar-refractivity contribution is -0.0230. The Morgan fingerprint density at radius 3 is 2.83 bits per heavy atom. The second-order valence-corrected chi connectivity index (χ2v) is 6.85. The zero-order valence-corrected chi connectivity index (χ0v) is 15.5. The molecule has 1 atom stereocenters. The highest BCUT2D eigenvalue weighted by Crippen LogP contribution is 2.25. The Balaban J connectivity index is 0.00000192. The first-order chi connectivity index (χ1) is 10.7. The maximum Gasteiger partial charge on any atom is 0.273 e. The molecule has 5 nitrogen and oxygen atoms in total. The van der Waals surface area contributed by atoms with Crippen LogP contribution in [0.5, 0.6) is 0 Å². The Kier molecular flexibility index (Phi) is 6.55. The van der Waals surface area contributed by atoms with Gasteiger partial charge in [0.2, 0.25) is 0 Å². The van der Waals surface area contributed by atoms with E-state index in [0.29, 0.717) is 31.9 Å². The molecular formula is C15H17BrClN3O2S. The van der Waals surface area contributed by atoms with Crippen LogP contribution >= 0.6 is 39.7 Å². The standard InChI is InChI=1S/C15H16BrN3O2S.ClH/c16-11-3-1-10(2-4-11)13-8-19(5-6-21-13)15(20)12-9-22-14(7-17)18-12;/h1-4,9,13H,5-8,17H2;1H. The lowest BCUT2D eigenvalue weighted by Gasteiger charge is -2.32. The Bertz CT molecular complexity index is 665. The molecule has 0 saturated carbocycles. The van der Waals surface area contributed by atoms with Crippen molar-refractivity contribution in [1.29, 1.82) is 0 Å². The summed E-state index contributed by atoms with van der Waals surface area (Å²) < 4.78 is 6.82. The van der Waals surface area contributed by atoms with Crippen LogP contribution in [0.3, 0.4) is 0 Å². The molecule has 2 aromatic rings. The molecule has 124 valence electrons. The molecule has 3 rings (SSSR count). The van der Waals surface area contributed by atoms with Crippen molar-refractivity contribution in [1.82, 2.24) is 9.88 Å². The first kappa shape index (κ1) is 18.4. The predicted molar refractivity (Wildman–Crippen MR) is 96.0 cm³/mol. The van der Waals surface area contributed by atoms with E-state index in [1.54, 1.807) is 10.3 Å². The van der Waals surface area contributed by atoms with Gasteiger partial charge in [-0.25, -0.2) is 4.98 Å². The lowest BCUT2D eigenvalue weighted by Crippen LogP contribution is -2.42. The molecule has 1 unspecified atom stereocenters. The van der Waals surface area contributed by atoms with Crippen LogP contribution in [0.15, 0.2) is 34.1 Å². The second kappa shape index (κ2) is 8.21. The number of rotatable bonds is 3. The molecule has 0 radical (unpaired) electrons. The average molecular weight is 419 g/mol. The van der Waals surface area contributed by atoms with Crippen molar-refractivity contribution < 1.29 is 9.53 Å². The summed E-state index contributed by atoms with van der Waals surface area (Å²) in [6.07, 6.45) is -0.0987. The SMILES string of the molecule is Cl.NCc1nc(C(=O)N2CCOC(c3ccc(Br)cc3)C2)cs1. The minimum atomic E-state index is -0.0987. The van der Waals surface area contributed by atoms with Gasteiger partial charge in [0, 0.05) is 22.9 Å². The smallest absolute Gasteiger partial charge is 0.273 e. The number of thiazole rings is 1. The van der Waals surface area contributed by atoms with E-state index in [1.165, 1.54) is 11.3 Å². The number of hydrogen-bond acceptors (Lipinski definition) is 5. The van der Waals surface area contributed by atoms with Crippen LogP contribution in [-0.4, -0.2) is 35.5 Å². The number of aromatic nitrogens is 1. The highest BCUT2D eigenvalue weighted by molar-refractivity contribution is 9.10. The molecule has 1 saturated heterocycles. The number of nitrogens with zero attached hydrogens (tertiary/aromatic N) is 2. The predicted octanol–water partition coefficient (Wildman–Crippen LogP) is 3.00. The number of ether oxygens (including phenoxy) is 1. The van der Waals surface area contributed by atoms with Gasteiger partial charge < -0.3 is 15.4 Å². The normalized spacial score (nSPS) is 17.7. The molecule has 0 bridgehead atoms. The number of carbonyl (C=O) groups is 1. The third kappa shape index (κ3) is 4.30. The van der Waals surface area contributed by atoms with Gasteiger partial charge >= 0.3 is 0 Å². The molecule has 8 heteroatoms. The Hall–Kier alpha value is -0.990. The van der Waals surface area contributed by atoms with E-state index >= 15 is 0 Å². The van der Waals surface area contributed by atoms with Crippen molar-refractivity contribution in [2.45, 2.75) is 12.6 Å². The number of halogens is 2. The number of benzene rings is 1. The van der Waals surface area contributed by atoms with Crippen molar-refractivity contribution in [3.05, 3.63) is 50.4 Å². The van der Waals surface area contributed by atoms with E-state index in [9.17, 15) is 4.79 Å². The minimum absolute atomic E-state index is 0. The number of morpholine rings is 1. The van der Waals surface area contributed by atoms with Gasteiger partial charge in [0.05, 0.1) is 13.2 Å². The van der Waals surface area contributed by atoms with Crippen LogP contribution in [0.2, 0.25) is 0 Å². The van der Waals surface area contributed by atoms with Crippen LogP contribution < -0.4 is 5.73 Å². The second-order valence-electron chi connectivity index (χ2n) is 4.99. The van der Waals surface area contributed by atoms with E-state index < -0.39 is 0 Å². The molecule has 23 heavy (non-hydrogen) atoms. The molecule has 1 aliphatic heterocycles. The number of carbonyl (C=O) groups excluding carboxylic acids is 1. The Morgan fingerprint density at radius 1 is 1.43 bits per heavy atom. The molecule has 1 fully saturated rings. The molecule has 1 aliphatic rings. The fourth-order valence-corrected chi connectivity index (χ4v) is 3.29. The molecule has 0 aliphatic carbocycles. The number of hydrogen-bond donors (Lipinski definition) is 1. The Labute approximate surface area is 153 Å². The summed E-state index contributed by atoms with van der Waals surface area (Å²) in [5.74, 6) is -0.0543. The highest BCUT2D eigenvalue weighted by atomic mass is 79.9. The summed E-state index contributed by atoms with van der Waals surface area (Å²) in [5, 5.41) is 2.55. The zero-order valence-electron chi connectivity index (χ0n) is 12.3. The van der Waals surface area contributed by atoms with E-state index in [2.05, 4.69) is 20.9 Å². The third-order valence-electron chi connectivity index (χ3n) is 3.54. The summed E-state index contributed by atoms with van der Waals surface area (Å²) in [4.78, 5) is 18.6. The average Bonchev–Trinajstić information content (AvgIpc) is 3.04. The number of nitrogens with two attached hydrogens (primary N) is 1. The largest absolute Gasteiger partial charge is 0.370 e. The van der Waals surface area contributed by atoms with E-state index in [-0.39, 0.29) is 24.4 Å². The Morgan fingerprint density at radius 2 is 2.17 bits per heavy atom. The lowest BCUT2D eigenvalue weighted by atomic mass is 10.1. The maximum atomic E-state index is 12.5. The molecule has 1 amide bonds. The first-order valence-corrected chi connectivity index (χ1v) is 8.65.